The van der Waals surface area contributed by atoms with Crippen LogP contribution in [0.2, 0.25) is 5.15 Å². The van der Waals surface area contributed by atoms with Crippen LogP contribution in [0.5, 0.6) is 5.75 Å². The number of halogens is 4. The van der Waals surface area contributed by atoms with E-state index in [4.69, 9.17) is 11.6 Å². The Hall–Kier alpha value is -1.82. The Morgan fingerprint density at radius 2 is 1.81 bits per heavy atom. The molecule has 0 radical (unpaired) electrons. The van der Waals surface area contributed by atoms with Gasteiger partial charge < -0.3 is 4.74 Å². The second kappa shape index (κ2) is 5.89. The predicted octanol–water partition coefficient (Wildman–Crippen LogP) is 4.82. The van der Waals surface area contributed by atoms with E-state index in [0.717, 1.165) is 0 Å². The second-order valence-corrected chi connectivity index (χ2v) is 4.98. The van der Waals surface area contributed by atoms with Gasteiger partial charge in [-0.05, 0) is 18.1 Å². The highest BCUT2D eigenvalue weighted by Gasteiger charge is 2.32. The van der Waals surface area contributed by atoms with E-state index >= 15 is 0 Å². The molecule has 0 atom stereocenters. The van der Waals surface area contributed by atoms with E-state index in [9.17, 15) is 13.2 Å². The Balaban J connectivity index is 2.60. The fourth-order valence-corrected chi connectivity index (χ4v) is 2.33. The summed E-state index contributed by atoms with van der Waals surface area (Å²) in [5.74, 6) is -0.366. The van der Waals surface area contributed by atoms with Gasteiger partial charge in [0.05, 0.1) is 5.69 Å². The van der Waals surface area contributed by atoms with Crippen molar-refractivity contribution in [3.8, 4) is 17.0 Å². The first-order valence-corrected chi connectivity index (χ1v) is 6.53. The van der Waals surface area contributed by atoms with E-state index in [0.29, 0.717) is 11.3 Å². The number of benzene rings is 1. The first-order valence-electron chi connectivity index (χ1n) is 6.15. The molecule has 21 heavy (non-hydrogen) atoms. The molecule has 0 aliphatic heterocycles. The van der Waals surface area contributed by atoms with Crippen LogP contribution in [-0.4, -0.2) is 16.3 Å². The quantitative estimate of drug-likeness (QED) is 0.761. The molecule has 2 aromatic rings. The summed E-state index contributed by atoms with van der Waals surface area (Å²) in [6.45, 7) is 3.72. The zero-order valence-electron chi connectivity index (χ0n) is 11.3. The van der Waals surface area contributed by atoms with Crippen LogP contribution in [0.4, 0.5) is 13.2 Å². The van der Waals surface area contributed by atoms with E-state index in [1.807, 2.05) is 13.8 Å². The van der Waals surface area contributed by atoms with Crippen molar-refractivity contribution in [2.24, 2.45) is 0 Å². The Morgan fingerprint density at radius 3 is 2.43 bits per heavy atom. The van der Waals surface area contributed by atoms with Gasteiger partial charge in [0.2, 0.25) is 0 Å². The van der Waals surface area contributed by atoms with Gasteiger partial charge in [-0.3, -0.25) is 0 Å². The molecule has 1 aromatic carbocycles. The van der Waals surface area contributed by atoms with Crippen molar-refractivity contribution >= 4 is 11.6 Å². The van der Waals surface area contributed by atoms with Crippen LogP contribution >= 0.6 is 11.6 Å². The first kappa shape index (κ1) is 15.6. The summed E-state index contributed by atoms with van der Waals surface area (Å²) in [5, 5.41) is 0.219. The van der Waals surface area contributed by atoms with Crippen molar-refractivity contribution in [2.45, 2.75) is 26.1 Å². The summed E-state index contributed by atoms with van der Waals surface area (Å²) >= 11 is 6.05. The van der Waals surface area contributed by atoms with Crippen molar-refractivity contribution in [3.05, 3.63) is 41.3 Å². The van der Waals surface area contributed by atoms with Crippen molar-refractivity contribution < 1.29 is 17.9 Å². The molecule has 0 N–H and O–H groups in total. The van der Waals surface area contributed by atoms with Gasteiger partial charge in [-0.1, -0.05) is 37.6 Å². The van der Waals surface area contributed by atoms with Crippen LogP contribution in [0.1, 0.15) is 25.3 Å². The molecule has 0 aliphatic carbocycles. The molecule has 0 aliphatic rings. The molecular weight excluding hydrogens is 305 g/mol. The van der Waals surface area contributed by atoms with Crippen molar-refractivity contribution in [1.82, 2.24) is 9.97 Å². The van der Waals surface area contributed by atoms with Gasteiger partial charge in [0, 0.05) is 11.1 Å². The number of aromatic nitrogens is 2. The lowest BCUT2D eigenvalue weighted by atomic mass is 9.98. The Morgan fingerprint density at radius 1 is 1.14 bits per heavy atom. The molecule has 0 fully saturated rings. The lowest BCUT2D eigenvalue weighted by Gasteiger charge is -2.16. The van der Waals surface area contributed by atoms with Gasteiger partial charge in [0.1, 0.15) is 17.2 Å². The maximum Gasteiger partial charge on any atom is 0.573 e. The number of alkyl halides is 3. The van der Waals surface area contributed by atoms with Gasteiger partial charge >= 0.3 is 6.36 Å². The molecule has 0 saturated heterocycles. The summed E-state index contributed by atoms with van der Waals surface area (Å²) in [7, 11) is 0. The molecule has 0 amide bonds. The number of rotatable bonds is 3. The van der Waals surface area contributed by atoms with Crippen LogP contribution in [0.25, 0.3) is 11.3 Å². The summed E-state index contributed by atoms with van der Waals surface area (Å²) in [5.41, 5.74) is 1.14. The minimum atomic E-state index is -4.77. The monoisotopic (exact) mass is 316 g/mol. The SMILES string of the molecule is CC(C)c1c(Cl)ncnc1-c1ccccc1OC(F)(F)F. The summed E-state index contributed by atoms with van der Waals surface area (Å²) in [6.07, 6.45) is -3.56. The lowest BCUT2D eigenvalue weighted by Crippen LogP contribution is -2.17. The maximum absolute atomic E-state index is 12.5. The second-order valence-electron chi connectivity index (χ2n) is 4.63. The van der Waals surface area contributed by atoms with Crippen molar-refractivity contribution in [2.75, 3.05) is 0 Å². The molecule has 0 saturated carbocycles. The number of nitrogens with zero attached hydrogens (tertiary/aromatic N) is 2. The van der Waals surface area contributed by atoms with Gasteiger partial charge in [-0.15, -0.1) is 13.2 Å². The standard InChI is InChI=1S/C14H12ClF3N2O/c1-8(2)11-12(19-7-20-13(11)15)9-5-3-4-6-10(9)21-14(16,17)18/h3-8H,1-2H3. The molecule has 0 unspecified atom stereocenters. The number of hydrogen-bond acceptors (Lipinski definition) is 3. The smallest absolute Gasteiger partial charge is 0.405 e. The highest BCUT2D eigenvalue weighted by atomic mass is 35.5. The van der Waals surface area contributed by atoms with E-state index in [-0.39, 0.29) is 22.4 Å². The minimum Gasteiger partial charge on any atom is -0.405 e. The predicted molar refractivity (Wildman–Crippen MR) is 73.3 cm³/mol. The number of ether oxygens (including phenoxy) is 1. The van der Waals surface area contributed by atoms with Crippen LogP contribution in [0.3, 0.4) is 0 Å². The average molecular weight is 317 g/mol. The molecule has 112 valence electrons. The third-order valence-electron chi connectivity index (χ3n) is 2.78. The zero-order valence-corrected chi connectivity index (χ0v) is 12.0. The fourth-order valence-electron chi connectivity index (χ4n) is 1.98. The molecule has 1 aromatic heterocycles. The first-order chi connectivity index (χ1) is 9.79. The normalized spacial score (nSPS) is 11.8. The highest BCUT2D eigenvalue weighted by molar-refractivity contribution is 6.30. The number of para-hydroxylation sites is 1. The summed E-state index contributed by atoms with van der Waals surface area (Å²) < 4.78 is 41.5. The van der Waals surface area contributed by atoms with E-state index in [2.05, 4.69) is 14.7 Å². The van der Waals surface area contributed by atoms with Crippen LogP contribution < -0.4 is 4.74 Å². The third-order valence-corrected chi connectivity index (χ3v) is 3.08. The van der Waals surface area contributed by atoms with Gasteiger partial charge in [-0.25, -0.2) is 9.97 Å². The lowest BCUT2D eigenvalue weighted by molar-refractivity contribution is -0.274. The largest absolute Gasteiger partial charge is 0.573 e. The number of hydrogen-bond donors (Lipinski definition) is 0. The molecule has 0 bridgehead atoms. The topological polar surface area (TPSA) is 35.0 Å². The Kier molecular flexibility index (Phi) is 4.37. The van der Waals surface area contributed by atoms with Gasteiger partial charge in [0.25, 0.3) is 0 Å². The maximum atomic E-state index is 12.5. The minimum absolute atomic E-state index is 0.0485. The van der Waals surface area contributed by atoms with Crippen molar-refractivity contribution in [3.63, 3.8) is 0 Å². The molecule has 0 spiro atoms. The Labute approximate surface area is 124 Å². The van der Waals surface area contributed by atoms with Crippen molar-refractivity contribution in [1.29, 1.82) is 0 Å². The molecule has 2 rings (SSSR count). The van der Waals surface area contributed by atoms with E-state index < -0.39 is 6.36 Å². The third kappa shape index (κ3) is 3.64. The molecule has 3 nitrogen and oxygen atoms in total. The van der Waals surface area contributed by atoms with Crippen LogP contribution in [0, 0.1) is 0 Å². The zero-order chi connectivity index (χ0) is 15.6. The average Bonchev–Trinajstić information content (AvgIpc) is 2.36. The molecule has 1 heterocycles. The summed E-state index contributed by atoms with van der Waals surface area (Å²) in [4.78, 5) is 7.96. The Bertz CT molecular complexity index is 644. The van der Waals surface area contributed by atoms with Crippen LogP contribution in [-0.2, 0) is 0 Å². The molecule has 7 heteroatoms. The van der Waals surface area contributed by atoms with Gasteiger partial charge in [0.15, 0.2) is 0 Å². The molecular formula is C14H12ClF3N2O. The highest BCUT2D eigenvalue weighted by Crippen LogP contribution is 2.38. The van der Waals surface area contributed by atoms with E-state index in [1.165, 1.54) is 24.5 Å². The van der Waals surface area contributed by atoms with E-state index in [1.54, 1.807) is 6.07 Å². The van der Waals surface area contributed by atoms with Crippen LogP contribution in [0.15, 0.2) is 30.6 Å². The fraction of sp³-hybridized carbons (Fsp3) is 0.286. The van der Waals surface area contributed by atoms with Gasteiger partial charge in [-0.2, -0.15) is 0 Å². The summed E-state index contributed by atoms with van der Waals surface area (Å²) in [6, 6.07) is 5.82.